The zero-order chi connectivity index (χ0) is 26.1. The zero-order valence-electron chi connectivity index (χ0n) is 21.7. The SMILES string of the molecule is CC1=C(c2ccc(C=N)c(N)c2)C(c2ccc(OCC(C)N3CCC(C)C3)cc2)Oc2ccc(O)cc21. The van der Waals surface area contributed by atoms with Gasteiger partial charge in [0.05, 0.1) is 0 Å². The summed E-state index contributed by atoms with van der Waals surface area (Å²) in [6.45, 7) is 9.52. The largest absolute Gasteiger partial charge is 0.508 e. The van der Waals surface area contributed by atoms with Gasteiger partial charge < -0.3 is 25.7 Å². The molecule has 0 saturated carbocycles. The van der Waals surface area contributed by atoms with E-state index in [1.165, 1.54) is 12.6 Å². The van der Waals surface area contributed by atoms with Gasteiger partial charge in [0.1, 0.15) is 30.0 Å². The van der Waals surface area contributed by atoms with Gasteiger partial charge in [-0.05, 0) is 85.8 Å². The second-order valence-corrected chi connectivity index (χ2v) is 10.3. The molecule has 3 atom stereocenters. The second kappa shape index (κ2) is 10.3. The van der Waals surface area contributed by atoms with E-state index in [0.29, 0.717) is 23.9 Å². The van der Waals surface area contributed by atoms with Gasteiger partial charge >= 0.3 is 0 Å². The molecule has 6 nitrogen and oxygen atoms in total. The lowest BCUT2D eigenvalue weighted by Gasteiger charge is -2.31. The number of hydrogen-bond acceptors (Lipinski definition) is 6. The molecule has 3 unspecified atom stereocenters. The standard InChI is InChI=1S/C31H35N3O3/c1-19-12-13-34(17-19)20(2)18-36-26-9-6-22(7-10-26)31-30(23-4-5-24(16-32)28(33)14-23)21(3)27-15-25(35)8-11-29(27)37-31/h4-11,14-16,19-20,31-32,35H,12-13,17-18,33H2,1-3H3. The Morgan fingerprint density at radius 3 is 2.62 bits per heavy atom. The van der Waals surface area contributed by atoms with E-state index in [1.807, 2.05) is 43.3 Å². The van der Waals surface area contributed by atoms with Gasteiger partial charge in [0.15, 0.2) is 0 Å². The van der Waals surface area contributed by atoms with Crippen molar-refractivity contribution in [1.82, 2.24) is 4.90 Å². The first-order valence-electron chi connectivity index (χ1n) is 12.9. The van der Waals surface area contributed by atoms with E-state index in [9.17, 15) is 5.11 Å². The average molecular weight is 498 g/mol. The average Bonchev–Trinajstić information content (AvgIpc) is 3.34. The summed E-state index contributed by atoms with van der Waals surface area (Å²) in [5.41, 5.74) is 12.2. The molecule has 2 heterocycles. The summed E-state index contributed by atoms with van der Waals surface area (Å²) < 4.78 is 12.7. The third-order valence-electron chi connectivity index (χ3n) is 7.58. The molecule has 37 heavy (non-hydrogen) atoms. The summed E-state index contributed by atoms with van der Waals surface area (Å²) in [4.78, 5) is 2.50. The van der Waals surface area contributed by atoms with Crippen LogP contribution in [-0.4, -0.2) is 42.0 Å². The number of nitrogen functional groups attached to an aromatic ring is 1. The Bertz CT molecular complexity index is 1330. The van der Waals surface area contributed by atoms with Gasteiger partial charge in [-0.1, -0.05) is 31.2 Å². The van der Waals surface area contributed by atoms with Crippen LogP contribution in [0.15, 0.2) is 60.7 Å². The molecule has 192 valence electrons. The van der Waals surface area contributed by atoms with Gasteiger partial charge in [0.2, 0.25) is 0 Å². The smallest absolute Gasteiger partial charge is 0.150 e. The Labute approximate surface area is 218 Å². The fourth-order valence-electron chi connectivity index (χ4n) is 5.35. The van der Waals surface area contributed by atoms with Gasteiger partial charge in [-0.2, -0.15) is 0 Å². The van der Waals surface area contributed by atoms with Crippen molar-refractivity contribution in [2.45, 2.75) is 39.3 Å². The Morgan fingerprint density at radius 1 is 1.16 bits per heavy atom. The highest BCUT2D eigenvalue weighted by molar-refractivity contribution is 5.97. The molecule has 0 radical (unpaired) electrons. The summed E-state index contributed by atoms with van der Waals surface area (Å²) in [6.07, 6.45) is 2.15. The molecule has 2 aliphatic rings. The number of allylic oxidation sites excluding steroid dienone is 1. The highest BCUT2D eigenvalue weighted by Gasteiger charge is 2.30. The van der Waals surface area contributed by atoms with Gasteiger partial charge in [-0.25, -0.2) is 0 Å². The van der Waals surface area contributed by atoms with Gasteiger partial charge in [0.25, 0.3) is 0 Å². The van der Waals surface area contributed by atoms with Gasteiger partial charge in [-0.15, -0.1) is 0 Å². The van der Waals surface area contributed by atoms with Crippen LogP contribution in [0.1, 0.15) is 55.5 Å². The second-order valence-electron chi connectivity index (χ2n) is 10.3. The predicted octanol–water partition coefficient (Wildman–Crippen LogP) is 6.15. The fraction of sp³-hybridized carbons (Fsp3) is 0.323. The molecular weight excluding hydrogens is 462 g/mol. The molecule has 0 amide bonds. The van der Waals surface area contributed by atoms with Gasteiger partial charge in [0, 0.05) is 41.2 Å². The van der Waals surface area contributed by atoms with E-state index in [1.54, 1.807) is 12.1 Å². The molecule has 1 fully saturated rings. The molecule has 3 aromatic rings. The summed E-state index contributed by atoms with van der Waals surface area (Å²) in [7, 11) is 0. The summed E-state index contributed by atoms with van der Waals surface area (Å²) >= 11 is 0. The van der Waals surface area contributed by atoms with Crippen LogP contribution in [0.3, 0.4) is 0 Å². The number of nitrogens with two attached hydrogens (primary N) is 1. The number of anilines is 1. The third-order valence-corrected chi connectivity index (χ3v) is 7.58. The molecule has 6 heteroatoms. The maximum Gasteiger partial charge on any atom is 0.150 e. The van der Waals surface area contributed by atoms with Crippen molar-refractivity contribution in [3.63, 3.8) is 0 Å². The molecule has 0 aliphatic carbocycles. The number of phenols is 1. The van der Waals surface area contributed by atoms with E-state index in [2.05, 4.69) is 30.9 Å². The molecule has 4 N–H and O–H groups in total. The number of fused-ring (bicyclic) bond motifs is 1. The minimum atomic E-state index is -0.360. The number of benzene rings is 3. The van der Waals surface area contributed by atoms with Crippen LogP contribution in [0.25, 0.3) is 11.1 Å². The number of ether oxygens (including phenoxy) is 2. The molecule has 5 rings (SSSR count). The zero-order valence-corrected chi connectivity index (χ0v) is 21.7. The molecule has 2 aliphatic heterocycles. The predicted molar refractivity (Wildman–Crippen MR) is 149 cm³/mol. The highest BCUT2D eigenvalue weighted by Crippen LogP contribution is 2.47. The fourth-order valence-corrected chi connectivity index (χ4v) is 5.35. The van der Waals surface area contributed by atoms with Crippen LogP contribution in [0.5, 0.6) is 17.2 Å². The van der Waals surface area contributed by atoms with Crippen LogP contribution >= 0.6 is 0 Å². The highest BCUT2D eigenvalue weighted by atomic mass is 16.5. The lowest BCUT2D eigenvalue weighted by atomic mass is 9.85. The normalized spacial score (nSPS) is 20.3. The van der Waals surface area contributed by atoms with E-state index in [0.717, 1.165) is 58.3 Å². The first-order chi connectivity index (χ1) is 17.8. The third kappa shape index (κ3) is 5.07. The van der Waals surface area contributed by atoms with Crippen molar-refractivity contribution in [2.24, 2.45) is 5.92 Å². The Balaban J connectivity index is 1.43. The van der Waals surface area contributed by atoms with Crippen LogP contribution in [0, 0.1) is 11.3 Å². The minimum absolute atomic E-state index is 0.192. The monoisotopic (exact) mass is 497 g/mol. The van der Waals surface area contributed by atoms with E-state index in [4.69, 9.17) is 20.6 Å². The van der Waals surface area contributed by atoms with Crippen molar-refractivity contribution in [3.8, 4) is 17.2 Å². The Kier molecular flexibility index (Phi) is 6.94. The number of hydrogen-bond donors (Lipinski definition) is 3. The van der Waals surface area contributed by atoms with Crippen LogP contribution in [0.4, 0.5) is 5.69 Å². The molecule has 1 saturated heterocycles. The molecule has 0 bridgehead atoms. The van der Waals surface area contributed by atoms with Gasteiger partial charge in [-0.3, -0.25) is 4.90 Å². The Morgan fingerprint density at radius 2 is 1.95 bits per heavy atom. The minimum Gasteiger partial charge on any atom is -0.508 e. The molecule has 0 aromatic heterocycles. The number of likely N-dealkylation sites (tertiary alicyclic amines) is 1. The number of rotatable bonds is 7. The lowest BCUT2D eigenvalue weighted by Crippen LogP contribution is -2.35. The van der Waals surface area contributed by atoms with Crippen molar-refractivity contribution < 1.29 is 14.6 Å². The maximum absolute atomic E-state index is 10.1. The topological polar surface area (TPSA) is 91.8 Å². The van der Waals surface area contributed by atoms with Crippen LogP contribution in [0.2, 0.25) is 0 Å². The number of aromatic hydroxyl groups is 1. The van der Waals surface area contributed by atoms with Crippen LogP contribution in [-0.2, 0) is 0 Å². The molecule has 3 aromatic carbocycles. The van der Waals surface area contributed by atoms with Crippen molar-refractivity contribution in [1.29, 1.82) is 5.41 Å². The lowest BCUT2D eigenvalue weighted by molar-refractivity contribution is 0.169. The van der Waals surface area contributed by atoms with Crippen LogP contribution < -0.4 is 15.2 Å². The number of nitrogens with one attached hydrogen (secondary N) is 1. The first-order valence-corrected chi connectivity index (χ1v) is 12.9. The molecular formula is C31H35N3O3. The molecule has 0 spiro atoms. The quantitative estimate of drug-likeness (QED) is 0.269. The first kappa shape index (κ1) is 24.9. The number of nitrogens with zero attached hydrogens (tertiary/aromatic N) is 1. The van der Waals surface area contributed by atoms with E-state index in [-0.39, 0.29) is 11.9 Å². The van der Waals surface area contributed by atoms with Crippen molar-refractivity contribution in [3.05, 3.63) is 82.9 Å². The summed E-state index contributed by atoms with van der Waals surface area (Å²) in [5.74, 6) is 2.51. The summed E-state index contributed by atoms with van der Waals surface area (Å²) in [6, 6.07) is 19.4. The van der Waals surface area contributed by atoms with Crippen molar-refractivity contribution >= 4 is 23.0 Å². The van der Waals surface area contributed by atoms with E-state index < -0.39 is 0 Å². The van der Waals surface area contributed by atoms with E-state index >= 15 is 0 Å². The number of phenolic OH excluding ortho intramolecular Hbond substituents is 1. The Hall–Kier alpha value is -3.77. The maximum atomic E-state index is 10.1. The van der Waals surface area contributed by atoms with Crippen molar-refractivity contribution in [2.75, 3.05) is 25.4 Å². The summed E-state index contributed by atoms with van der Waals surface area (Å²) in [5, 5.41) is 17.7.